The lowest BCUT2D eigenvalue weighted by molar-refractivity contribution is -0.122. The molecule has 0 aliphatic carbocycles. The Hall–Kier alpha value is -3.06. The summed E-state index contributed by atoms with van der Waals surface area (Å²) < 4.78 is 16.5. The molecule has 1 heterocycles. The van der Waals surface area contributed by atoms with Crippen LogP contribution in [0.2, 0.25) is 0 Å². The van der Waals surface area contributed by atoms with Crippen molar-refractivity contribution in [3.8, 4) is 11.5 Å². The average Bonchev–Trinajstić information content (AvgIpc) is 3.30. The van der Waals surface area contributed by atoms with Crippen molar-refractivity contribution < 1.29 is 23.8 Å². The Morgan fingerprint density at radius 1 is 1.13 bits per heavy atom. The number of hydrogen-bond donors (Lipinski definition) is 2. The standard InChI is InChI=1S/C23H28N2O5/c1-3-21(30-17-12-10-16(28-2)11-13-17)23(27)25-20-9-5-4-8-19(20)22(26)24-15-18-7-6-14-29-18/h4-5,8-13,18,21H,3,6-7,14-15H2,1-2H3,(H,24,26)(H,25,27)/t18-,21-/m0/s1. The molecule has 7 heteroatoms. The molecule has 3 rings (SSSR count). The minimum Gasteiger partial charge on any atom is -0.497 e. The van der Waals surface area contributed by atoms with Crippen molar-refractivity contribution in [2.45, 2.75) is 38.4 Å². The van der Waals surface area contributed by atoms with Gasteiger partial charge in [-0.05, 0) is 55.7 Å². The van der Waals surface area contributed by atoms with Gasteiger partial charge in [-0.15, -0.1) is 0 Å². The molecule has 1 fully saturated rings. The summed E-state index contributed by atoms with van der Waals surface area (Å²) in [6.45, 7) is 3.06. The molecule has 2 amide bonds. The van der Waals surface area contributed by atoms with Crippen LogP contribution in [-0.2, 0) is 9.53 Å². The first-order valence-corrected chi connectivity index (χ1v) is 10.2. The second kappa shape index (κ2) is 10.6. The topological polar surface area (TPSA) is 85.9 Å². The predicted molar refractivity (Wildman–Crippen MR) is 114 cm³/mol. The molecule has 0 unspecified atom stereocenters. The van der Waals surface area contributed by atoms with Gasteiger partial charge in [0, 0.05) is 13.2 Å². The van der Waals surface area contributed by atoms with Crippen LogP contribution in [-0.4, -0.2) is 44.3 Å². The Balaban J connectivity index is 1.63. The van der Waals surface area contributed by atoms with Crippen LogP contribution < -0.4 is 20.1 Å². The summed E-state index contributed by atoms with van der Waals surface area (Å²) in [6.07, 6.45) is 1.80. The lowest BCUT2D eigenvalue weighted by Crippen LogP contribution is -2.35. The van der Waals surface area contributed by atoms with E-state index < -0.39 is 6.10 Å². The van der Waals surface area contributed by atoms with Gasteiger partial charge in [-0.25, -0.2) is 0 Å². The zero-order valence-corrected chi connectivity index (χ0v) is 17.4. The molecule has 0 aromatic heterocycles. The Kier molecular flexibility index (Phi) is 7.68. The molecule has 7 nitrogen and oxygen atoms in total. The third-order valence-corrected chi connectivity index (χ3v) is 4.94. The lowest BCUT2D eigenvalue weighted by Gasteiger charge is -2.19. The second-order valence-corrected chi connectivity index (χ2v) is 7.07. The molecule has 1 aliphatic heterocycles. The number of hydrogen-bond acceptors (Lipinski definition) is 5. The van der Waals surface area contributed by atoms with Gasteiger partial charge in [-0.2, -0.15) is 0 Å². The fourth-order valence-electron chi connectivity index (χ4n) is 3.25. The fraction of sp³-hybridized carbons (Fsp3) is 0.391. The molecule has 2 N–H and O–H groups in total. The minimum atomic E-state index is -0.693. The van der Waals surface area contributed by atoms with E-state index in [1.165, 1.54) is 0 Å². The van der Waals surface area contributed by atoms with Crippen molar-refractivity contribution in [2.24, 2.45) is 0 Å². The number of nitrogens with one attached hydrogen (secondary N) is 2. The van der Waals surface area contributed by atoms with Gasteiger partial charge in [0.1, 0.15) is 11.5 Å². The Bertz CT molecular complexity index is 847. The van der Waals surface area contributed by atoms with Gasteiger partial charge in [0.15, 0.2) is 6.10 Å². The van der Waals surface area contributed by atoms with Crippen LogP contribution in [0, 0.1) is 0 Å². The highest BCUT2D eigenvalue weighted by molar-refractivity contribution is 6.04. The molecular formula is C23H28N2O5. The highest BCUT2D eigenvalue weighted by atomic mass is 16.5. The van der Waals surface area contributed by atoms with Crippen molar-refractivity contribution in [1.82, 2.24) is 5.32 Å². The Morgan fingerprint density at radius 3 is 2.53 bits per heavy atom. The van der Waals surface area contributed by atoms with Crippen LogP contribution in [0.15, 0.2) is 48.5 Å². The summed E-state index contributed by atoms with van der Waals surface area (Å²) >= 11 is 0. The third kappa shape index (κ3) is 5.73. The van der Waals surface area contributed by atoms with Crippen molar-refractivity contribution in [3.63, 3.8) is 0 Å². The number of carbonyl (C=O) groups excluding carboxylic acids is 2. The summed E-state index contributed by atoms with van der Waals surface area (Å²) in [5.41, 5.74) is 0.854. The zero-order valence-electron chi connectivity index (χ0n) is 17.4. The number of methoxy groups -OCH3 is 1. The first-order chi connectivity index (χ1) is 14.6. The van der Waals surface area contributed by atoms with Gasteiger partial charge >= 0.3 is 0 Å². The molecule has 0 bridgehead atoms. The van der Waals surface area contributed by atoms with E-state index >= 15 is 0 Å². The number of amides is 2. The van der Waals surface area contributed by atoms with E-state index in [4.69, 9.17) is 14.2 Å². The summed E-state index contributed by atoms with van der Waals surface area (Å²) in [5.74, 6) is 0.724. The molecule has 1 aliphatic rings. The van der Waals surface area contributed by atoms with Crippen LogP contribution in [0.4, 0.5) is 5.69 Å². The number of carbonyl (C=O) groups is 2. The quantitative estimate of drug-likeness (QED) is 0.659. The van der Waals surface area contributed by atoms with Crippen LogP contribution in [0.5, 0.6) is 11.5 Å². The zero-order chi connectivity index (χ0) is 21.3. The molecule has 2 aromatic carbocycles. The monoisotopic (exact) mass is 412 g/mol. The third-order valence-electron chi connectivity index (χ3n) is 4.94. The van der Waals surface area contributed by atoms with Crippen LogP contribution >= 0.6 is 0 Å². The highest BCUT2D eigenvalue weighted by Crippen LogP contribution is 2.21. The maximum absolute atomic E-state index is 12.8. The van der Waals surface area contributed by atoms with E-state index in [0.717, 1.165) is 19.4 Å². The van der Waals surface area contributed by atoms with Crippen LogP contribution in [0.1, 0.15) is 36.5 Å². The van der Waals surface area contributed by atoms with Gasteiger partial charge in [0.05, 0.1) is 24.5 Å². The van der Waals surface area contributed by atoms with Gasteiger partial charge < -0.3 is 24.8 Å². The van der Waals surface area contributed by atoms with E-state index in [1.807, 2.05) is 6.92 Å². The molecular weight excluding hydrogens is 384 g/mol. The van der Waals surface area contributed by atoms with E-state index in [2.05, 4.69) is 10.6 Å². The Labute approximate surface area is 176 Å². The van der Waals surface area contributed by atoms with E-state index in [9.17, 15) is 9.59 Å². The van der Waals surface area contributed by atoms with Crippen molar-refractivity contribution in [1.29, 1.82) is 0 Å². The number of ether oxygens (including phenoxy) is 3. The summed E-state index contributed by atoms with van der Waals surface area (Å²) in [4.78, 5) is 25.4. The van der Waals surface area contributed by atoms with Gasteiger partial charge in [0.25, 0.3) is 11.8 Å². The SMILES string of the molecule is CC[C@H](Oc1ccc(OC)cc1)C(=O)Nc1ccccc1C(=O)NC[C@@H]1CCCO1. The van der Waals surface area contributed by atoms with E-state index in [1.54, 1.807) is 55.6 Å². The minimum absolute atomic E-state index is 0.0538. The normalized spacial score (nSPS) is 16.5. The molecule has 2 atom stereocenters. The first-order valence-electron chi connectivity index (χ1n) is 10.2. The largest absolute Gasteiger partial charge is 0.497 e. The van der Waals surface area contributed by atoms with Crippen LogP contribution in [0.25, 0.3) is 0 Å². The highest BCUT2D eigenvalue weighted by Gasteiger charge is 2.22. The summed E-state index contributed by atoms with van der Waals surface area (Å²) in [6, 6.07) is 14.0. The van der Waals surface area contributed by atoms with E-state index in [-0.39, 0.29) is 17.9 Å². The number of rotatable bonds is 9. The molecule has 160 valence electrons. The Morgan fingerprint density at radius 2 is 1.87 bits per heavy atom. The van der Waals surface area contributed by atoms with E-state index in [0.29, 0.717) is 35.7 Å². The molecule has 0 spiro atoms. The molecule has 1 saturated heterocycles. The summed E-state index contributed by atoms with van der Waals surface area (Å²) in [7, 11) is 1.59. The van der Waals surface area contributed by atoms with Gasteiger partial charge in [0.2, 0.25) is 0 Å². The average molecular weight is 412 g/mol. The number of para-hydroxylation sites is 1. The number of anilines is 1. The molecule has 30 heavy (non-hydrogen) atoms. The molecule has 2 aromatic rings. The predicted octanol–water partition coefficient (Wildman–Crippen LogP) is 3.40. The van der Waals surface area contributed by atoms with Crippen molar-refractivity contribution >= 4 is 17.5 Å². The molecule has 0 radical (unpaired) electrons. The summed E-state index contributed by atoms with van der Waals surface area (Å²) in [5, 5.41) is 5.72. The maximum Gasteiger partial charge on any atom is 0.265 e. The second-order valence-electron chi connectivity index (χ2n) is 7.07. The maximum atomic E-state index is 12.8. The first kappa shape index (κ1) is 21.6. The number of benzene rings is 2. The van der Waals surface area contributed by atoms with Gasteiger partial charge in [-0.3, -0.25) is 9.59 Å². The van der Waals surface area contributed by atoms with Crippen LogP contribution in [0.3, 0.4) is 0 Å². The fourth-order valence-corrected chi connectivity index (χ4v) is 3.25. The smallest absolute Gasteiger partial charge is 0.265 e. The van der Waals surface area contributed by atoms with Crippen molar-refractivity contribution in [3.05, 3.63) is 54.1 Å². The lowest BCUT2D eigenvalue weighted by atomic mass is 10.1. The van der Waals surface area contributed by atoms with Crippen molar-refractivity contribution in [2.75, 3.05) is 25.6 Å². The van der Waals surface area contributed by atoms with Gasteiger partial charge in [-0.1, -0.05) is 19.1 Å². The molecule has 0 saturated carbocycles.